The van der Waals surface area contributed by atoms with Crippen molar-refractivity contribution in [2.45, 2.75) is 19.9 Å². The molecule has 1 atom stereocenters. The van der Waals surface area contributed by atoms with Gasteiger partial charge in [-0.1, -0.05) is 13.8 Å². The zero-order chi connectivity index (χ0) is 13.5. The lowest BCUT2D eigenvalue weighted by atomic mass is 10.1. The van der Waals surface area contributed by atoms with E-state index in [1.165, 1.54) is 0 Å². The first-order chi connectivity index (χ1) is 8.54. The molecule has 0 saturated heterocycles. The smallest absolute Gasteiger partial charge is 0.239 e. The third kappa shape index (κ3) is 4.29. The van der Waals surface area contributed by atoms with Crippen molar-refractivity contribution in [3.63, 3.8) is 0 Å². The Balaban J connectivity index is 2.50. The normalized spacial score (nSPS) is 12.3. The van der Waals surface area contributed by atoms with E-state index in [1.54, 1.807) is 30.4 Å². The minimum Gasteiger partial charge on any atom is -0.394 e. The molecule has 1 heterocycles. The summed E-state index contributed by atoms with van der Waals surface area (Å²) in [6.07, 6.45) is 3.25. The van der Waals surface area contributed by atoms with Crippen LogP contribution in [0.4, 0.5) is 5.95 Å². The summed E-state index contributed by atoms with van der Waals surface area (Å²) in [6, 6.07) is 1.50. The maximum absolute atomic E-state index is 11.8. The summed E-state index contributed by atoms with van der Waals surface area (Å²) in [4.78, 5) is 21.5. The zero-order valence-corrected chi connectivity index (χ0v) is 11.0. The number of amides is 1. The number of aliphatic hydroxyl groups excluding tert-OH is 1. The van der Waals surface area contributed by atoms with Crippen molar-refractivity contribution in [2.75, 3.05) is 25.1 Å². The quantitative estimate of drug-likeness (QED) is 0.747. The predicted molar refractivity (Wildman–Crippen MR) is 69.2 cm³/mol. The maximum Gasteiger partial charge on any atom is 0.239 e. The molecule has 0 aliphatic carbocycles. The van der Waals surface area contributed by atoms with Crippen molar-refractivity contribution < 1.29 is 9.90 Å². The Labute approximate surface area is 107 Å². The van der Waals surface area contributed by atoms with Crippen LogP contribution in [0.5, 0.6) is 0 Å². The Morgan fingerprint density at radius 1 is 1.44 bits per heavy atom. The van der Waals surface area contributed by atoms with E-state index in [0.717, 1.165) is 0 Å². The van der Waals surface area contributed by atoms with Crippen LogP contribution in [0, 0.1) is 5.92 Å². The van der Waals surface area contributed by atoms with Crippen LogP contribution in [0.1, 0.15) is 13.8 Å². The van der Waals surface area contributed by atoms with Crippen LogP contribution in [-0.2, 0) is 4.79 Å². The molecule has 18 heavy (non-hydrogen) atoms. The second kappa shape index (κ2) is 6.90. The molecular weight excluding hydrogens is 232 g/mol. The van der Waals surface area contributed by atoms with Crippen LogP contribution in [0.15, 0.2) is 18.5 Å². The highest BCUT2D eigenvalue weighted by Crippen LogP contribution is 2.03. The molecular formula is C12H20N4O2. The highest BCUT2D eigenvalue weighted by Gasteiger charge is 2.16. The van der Waals surface area contributed by atoms with Gasteiger partial charge in [-0.15, -0.1) is 0 Å². The summed E-state index contributed by atoms with van der Waals surface area (Å²) in [5, 5.41) is 11.9. The van der Waals surface area contributed by atoms with Crippen molar-refractivity contribution in [3.8, 4) is 0 Å². The van der Waals surface area contributed by atoms with Crippen molar-refractivity contribution in [1.82, 2.24) is 15.3 Å². The van der Waals surface area contributed by atoms with E-state index in [2.05, 4.69) is 15.3 Å². The molecule has 0 fully saturated rings. The standard InChI is InChI=1S/C12H20N4O2/c1-9(2)10(8-17)15-11(18)7-16(3)12-13-5-4-6-14-12/h4-6,9-10,17H,7-8H2,1-3H3,(H,15,18). The number of anilines is 1. The highest BCUT2D eigenvalue weighted by atomic mass is 16.3. The SMILES string of the molecule is CC(C)C(CO)NC(=O)CN(C)c1ncccn1. The first-order valence-corrected chi connectivity index (χ1v) is 5.93. The molecule has 0 aromatic carbocycles. The fraction of sp³-hybridized carbons (Fsp3) is 0.583. The fourth-order valence-corrected chi connectivity index (χ4v) is 1.45. The average Bonchev–Trinajstić information content (AvgIpc) is 2.36. The number of likely N-dealkylation sites (N-methyl/N-ethyl adjacent to an activating group) is 1. The summed E-state index contributed by atoms with van der Waals surface area (Å²) in [7, 11) is 1.75. The Morgan fingerprint density at radius 2 is 2.06 bits per heavy atom. The number of aliphatic hydroxyl groups is 1. The Morgan fingerprint density at radius 3 is 2.56 bits per heavy atom. The molecule has 100 valence electrons. The van der Waals surface area contributed by atoms with E-state index >= 15 is 0 Å². The van der Waals surface area contributed by atoms with Crippen LogP contribution in [-0.4, -0.2) is 47.2 Å². The molecule has 6 heteroatoms. The van der Waals surface area contributed by atoms with Crippen LogP contribution in [0.2, 0.25) is 0 Å². The summed E-state index contributed by atoms with van der Waals surface area (Å²) in [5.74, 6) is 0.535. The zero-order valence-electron chi connectivity index (χ0n) is 11.0. The van der Waals surface area contributed by atoms with Gasteiger partial charge in [0.05, 0.1) is 19.2 Å². The second-order valence-electron chi connectivity index (χ2n) is 4.51. The third-order valence-corrected chi connectivity index (χ3v) is 2.62. The summed E-state index contributed by atoms with van der Waals surface area (Å²) >= 11 is 0. The number of nitrogens with zero attached hydrogens (tertiary/aromatic N) is 3. The van der Waals surface area contributed by atoms with Gasteiger partial charge in [-0.2, -0.15) is 0 Å². The second-order valence-corrected chi connectivity index (χ2v) is 4.51. The van der Waals surface area contributed by atoms with Crippen LogP contribution in [0.3, 0.4) is 0 Å². The first-order valence-electron chi connectivity index (χ1n) is 5.93. The van der Waals surface area contributed by atoms with E-state index in [9.17, 15) is 4.79 Å². The largest absolute Gasteiger partial charge is 0.394 e. The lowest BCUT2D eigenvalue weighted by Gasteiger charge is -2.22. The fourth-order valence-electron chi connectivity index (χ4n) is 1.45. The number of carbonyl (C=O) groups is 1. The van der Waals surface area contributed by atoms with Gasteiger partial charge in [-0.25, -0.2) is 9.97 Å². The molecule has 1 rings (SSSR count). The third-order valence-electron chi connectivity index (χ3n) is 2.62. The molecule has 0 saturated carbocycles. The molecule has 6 nitrogen and oxygen atoms in total. The van der Waals surface area contributed by atoms with Crippen molar-refractivity contribution in [3.05, 3.63) is 18.5 Å². The van der Waals surface area contributed by atoms with E-state index < -0.39 is 0 Å². The van der Waals surface area contributed by atoms with Gasteiger partial charge >= 0.3 is 0 Å². The van der Waals surface area contributed by atoms with Crippen molar-refractivity contribution >= 4 is 11.9 Å². The lowest BCUT2D eigenvalue weighted by Crippen LogP contribution is -2.45. The molecule has 0 spiro atoms. The van der Waals surface area contributed by atoms with Crippen molar-refractivity contribution in [2.24, 2.45) is 5.92 Å². The number of carbonyl (C=O) groups excluding carboxylic acids is 1. The van der Waals surface area contributed by atoms with Gasteiger partial charge in [0.25, 0.3) is 0 Å². The minimum atomic E-state index is -0.220. The van der Waals surface area contributed by atoms with Gasteiger partial charge in [0.2, 0.25) is 11.9 Å². The molecule has 1 aromatic rings. The molecule has 1 aromatic heterocycles. The van der Waals surface area contributed by atoms with Gasteiger partial charge in [-0.3, -0.25) is 4.79 Å². The number of aromatic nitrogens is 2. The van der Waals surface area contributed by atoms with Gasteiger partial charge in [0.1, 0.15) is 0 Å². The van der Waals surface area contributed by atoms with Crippen LogP contribution < -0.4 is 10.2 Å². The summed E-state index contributed by atoms with van der Waals surface area (Å²) < 4.78 is 0. The molecule has 1 unspecified atom stereocenters. The summed E-state index contributed by atoms with van der Waals surface area (Å²) in [6.45, 7) is 4.00. The maximum atomic E-state index is 11.8. The Hall–Kier alpha value is -1.69. The Kier molecular flexibility index (Phi) is 5.51. The minimum absolute atomic E-state index is 0.0606. The topological polar surface area (TPSA) is 78.4 Å². The van der Waals surface area contributed by atoms with Crippen LogP contribution in [0.25, 0.3) is 0 Å². The average molecular weight is 252 g/mol. The van der Waals surface area contributed by atoms with E-state index in [-0.39, 0.29) is 31.0 Å². The molecule has 1 amide bonds. The van der Waals surface area contributed by atoms with E-state index in [0.29, 0.717) is 5.95 Å². The van der Waals surface area contributed by atoms with Crippen molar-refractivity contribution in [1.29, 1.82) is 0 Å². The molecule has 2 N–H and O–H groups in total. The number of rotatable bonds is 6. The highest BCUT2D eigenvalue weighted by molar-refractivity contribution is 5.80. The van der Waals surface area contributed by atoms with Gasteiger partial charge in [0.15, 0.2) is 0 Å². The number of hydrogen-bond acceptors (Lipinski definition) is 5. The molecule has 0 bridgehead atoms. The predicted octanol–water partition coefficient (Wildman–Crippen LogP) is 0.0459. The van der Waals surface area contributed by atoms with Gasteiger partial charge in [-0.05, 0) is 12.0 Å². The molecule has 0 aliphatic heterocycles. The summed E-state index contributed by atoms with van der Waals surface area (Å²) in [5.41, 5.74) is 0. The Bertz CT molecular complexity index is 370. The monoisotopic (exact) mass is 252 g/mol. The number of hydrogen-bond donors (Lipinski definition) is 2. The van der Waals surface area contributed by atoms with Crippen LogP contribution >= 0.6 is 0 Å². The van der Waals surface area contributed by atoms with E-state index in [1.807, 2.05) is 13.8 Å². The molecule has 0 radical (unpaired) electrons. The van der Waals surface area contributed by atoms with Gasteiger partial charge in [0, 0.05) is 19.4 Å². The molecule has 0 aliphatic rings. The lowest BCUT2D eigenvalue weighted by molar-refractivity contribution is -0.121. The van der Waals surface area contributed by atoms with E-state index in [4.69, 9.17) is 5.11 Å². The number of nitrogens with one attached hydrogen (secondary N) is 1. The first kappa shape index (κ1) is 14.4. The van der Waals surface area contributed by atoms with Gasteiger partial charge < -0.3 is 15.3 Å².